The SMILES string of the molecule is CCC(CC)C(=O)/C=C(\O)C(CC)CC.[Ir].[c-]1c(-c2ccccn2)c2c3cccc4c5ccccc5n(c43)c2c2ccccc12. The molecule has 3 heterocycles. The van der Waals surface area contributed by atoms with Crippen molar-refractivity contribution in [2.75, 3.05) is 0 Å². The largest absolute Gasteiger partial charge is 0.512 e. The van der Waals surface area contributed by atoms with Gasteiger partial charge in [-0.15, -0.1) is 17.5 Å². The fraction of sp³-hybridized carbons (Fsp3) is 0.250. The van der Waals surface area contributed by atoms with Gasteiger partial charge in [0.05, 0.1) is 16.8 Å². The molecule has 4 aromatic carbocycles. The number of hydrogen-bond donors (Lipinski definition) is 1. The first kappa shape index (κ1) is 32.3. The van der Waals surface area contributed by atoms with Crippen LogP contribution in [0.3, 0.4) is 0 Å². The van der Waals surface area contributed by atoms with E-state index in [1.807, 2.05) is 46.0 Å². The van der Waals surface area contributed by atoms with Gasteiger partial charge in [0.2, 0.25) is 0 Å². The van der Waals surface area contributed by atoms with Gasteiger partial charge in [0.1, 0.15) is 0 Å². The van der Waals surface area contributed by atoms with Gasteiger partial charge in [0.15, 0.2) is 5.78 Å². The van der Waals surface area contributed by atoms with E-state index in [0.717, 1.165) is 42.3 Å². The molecule has 0 aliphatic carbocycles. The van der Waals surface area contributed by atoms with Crippen molar-refractivity contribution in [3.8, 4) is 11.3 Å². The smallest absolute Gasteiger partial charge is 0.162 e. The van der Waals surface area contributed by atoms with Crippen molar-refractivity contribution in [1.82, 2.24) is 9.38 Å². The van der Waals surface area contributed by atoms with Crippen LogP contribution in [0, 0.1) is 17.9 Å². The number of aliphatic hydroxyl groups excluding tert-OH is 1. The van der Waals surface area contributed by atoms with Gasteiger partial charge in [-0.2, -0.15) is 0 Å². The van der Waals surface area contributed by atoms with E-state index in [1.165, 1.54) is 49.6 Å². The molecule has 0 unspecified atom stereocenters. The summed E-state index contributed by atoms with van der Waals surface area (Å²) in [5, 5.41) is 17.2. The molecule has 45 heavy (non-hydrogen) atoms. The fourth-order valence-corrected chi connectivity index (χ4v) is 6.68. The van der Waals surface area contributed by atoms with Crippen LogP contribution in [0.1, 0.15) is 53.4 Å². The average Bonchev–Trinajstić information content (AvgIpc) is 3.59. The van der Waals surface area contributed by atoms with Crippen LogP contribution in [0.25, 0.3) is 60.1 Å². The summed E-state index contributed by atoms with van der Waals surface area (Å²) in [6.45, 7) is 8.07. The van der Waals surface area contributed by atoms with Crippen molar-refractivity contribution >= 4 is 54.7 Å². The quantitative estimate of drug-likeness (QED) is 0.0951. The number of carbonyl (C=O) groups excluding carboxylic acids is 1. The first-order valence-corrected chi connectivity index (χ1v) is 15.9. The first-order chi connectivity index (χ1) is 21.5. The van der Waals surface area contributed by atoms with Crippen LogP contribution in [0.4, 0.5) is 0 Å². The van der Waals surface area contributed by atoms with Crippen LogP contribution in [0.2, 0.25) is 0 Å². The number of hydrogen-bond acceptors (Lipinski definition) is 3. The Bertz CT molecular complexity index is 2100. The van der Waals surface area contributed by atoms with Crippen LogP contribution in [0.5, 0.6) is 0 Å². The minimum Gasteiger partial charge on any atom is -0.512 e. The van der Waals surface area contributed by atoms with E-state index < -0.39 is 0 Å². The minimum atomic E-state index is 0. The minimum absolute atomic E-state index is 0. The predicted octanol–water partition coefficient (Wildman–Crippen LogP) is 10.7. The number of fused-ring (bicyclic) bond motifs is 8. The van der Waals surface area contributed by atoms with Gasteiger partial charge in [0, 0.05) is 60.7 Å². The Morgan fingerprint density at radius 1 is 0.756 bits per heavy atom. The monoisotopic (exact) mass is 772 g/mol. The van der Waals surface area contributed by atoms with E-state index in [2.05, 4.69) is 88.2 Å². The van der Waals surface area contributed by atoms with Crippen LogP contribution in [0.15, 0.2) is 103 Å². The molecule has 1 radical (unpaired) electrons. The number of nitrogens with zero attached hydrogens (tertiary/aromatic N) is 2. The second kappa shape index (κ2) is 13.9. The summed E-state index contributed by atoms with van der Waals surface area (Å²) in [4.78, 5) is 16.4. The third kappa shape index (κ3) is 5.76. The number of pyridine rings is 1. The zero-order chi connectivity index (χ0) is 30.8. The normalized spacial score (nSPS) is 12.0. The maximum Gasteiger partial charge on any atom is 0.162 e. The molecule has 0 aliphatic rings. The molecule has 0 saturated carbocycles. The Morgan fingerprint density at radius 3 is 2.07 bits per heavy atom. The van der Waals surface area contributed by atoms with Crippen molar-refractivity contribution in [2.24, 2.45) is 11.8 Å². The van der Waals surface area contributed by atoms with E-state index in [-0.39, 0.29) is 43.5 Å². The van der Waals surface area contributed by atoms with Gasteiger partial charge in [-0.1, -0.05) is 111 Å². The van der Waals surface area contributed by atoms with E-state index in [9.17, 15) is 9.90 Å². The maximum atomic E-state index is 11.7. The molecule has 0 bridgehead atoms. The Kier molecular flexibility index (Phi) is 10.0. The summed E-state index contributed by atoms with van der Waals surface area (Å²) in [5.41, 5.74) is 5.80. The second-order valence-electron chi connectivity index (χ2n) is 11.5. The molecule has 0 atom stereocenters. The Morgan fingerprint density at radius 2 is 1.38 bits per heavy atom. The van der Waals surface area contributed by atoms with Crippen molar-refractivity contribution in [2.45, 2.75) is 53.4 Å². The predicted molar refractivity (Wildman–Crippen MR) is 185 cm³/mol. The third-order valence-corrected chi connectivity index (χ3v) is 9.12. The molecule has 0 amide bonds. The molecule has 7 aromatic rings. The van der Waals surface area contributed by atoms with E-state index in [4.69, 9.17) is 0 Å². The fourth-order valence-electron chi connectivity index (χ4n) is 6.68. The Labute approximate surface area is 278 Å². The molecule has 7 rings (SSSR count). The van der Waals surface area contributed by atoms with E-state index in [0.29, 0.717) is 0 Å². The molecule has 4 nitrogen and oxygen atoms in total. The van der Waals surface area contributed by atoms with Crippen LogP contribution in [-0.4, -0.2) is 20.3 Å². The van der Waals surface area contributed by atoms with Gasteiger partial charge < -0.3 is 9.51 Å². The van der Waals surface area contributed by atoms with Gasteiger partial charge in [-0.25, -0.2) is 0 Å². The third-order valence-electron chi connectivity index (χ3n) is 9.12. The molecule has 1 N–H and O–H groups in total. The summed E-state index contributed by atoms with van der Waals surface area (Å²) in [7, 11) is 0. The van der Waals surface area contributed by atoms with Gasteiger partial charge in [-0.05, 0) is 48.7 Å². The zero-order valence-corrected chi connectivity index (χ0v) is 28.7. The molecule has 3 aromatic heterocycles. The summed E-state index contributed by atoms with van der Waals surface area (Å²) in [6.07, 6.45) is 6.76. The van der Waals surface area contributed by atoms with Crippen LogP contribution in [-0.2, 0) is 24.9 Å². The molecule has 0 fully saturated rings. The number of benzene rings is 4. The standard InChI is InChI=1S/C27H15N2.C13H24O2.Ir/c1-2-9-18-17(8-1)16-22(23-13-5-6-15-28-23)25-21-12-7-11-20-19-10-3-4-14-24(19)29(26(20)21)27(18)25;1-5-10(6-2)12(14)9-13(15)11(7-3)8-4;/h1-15H;9-11,14H,5-8H2,1-4H3;/q-1;;/b;12-9-;. The summed E-state index contributed by atoms with van der Waals surface area (Å²) < 4.78 is 2.44. The van der Waals surface area contributed by atoms with Crippen molar-refractivity contribution in [3.63, 3.8) is 0 Å². The second-order valence-corrected chi connectivity index (χ2v) is 11.5. The number of aromatic nitrogens is 2. The molecule has 0 aliphatic heterocycles. The van der Waals surface area contributed by atoms with Gasteiger partial charge >= 0.3 is 0 Å². The van der Waals surface area contributed by atoms with Crippen molar-refractivity contribution in [1.29, 1.82) is 0 Å². The molecule has 0 spiro atoms. The summed E-state index contributed by atoms with van der Waals surface area (Å²) in [5.74, 6) is 0.547. The maximum absolute atomic E-state index is 11.7. The number of allylic oxidation sites excluding steroid dienone is 2. The topological polar surface area (TPSA) is 54.6 Å². The Hall–Kier alpha value is -4.05. The van der Waals surface area contributed by atoms with Gasteiger partial charge in [-0.3, -0.25) is 9.78 Å². The number of ketones is 1. The number of para-hydroxylation sites is 2. The van der Waals surface area contributed by atoms with Gasteiger partial charge in [0.25, 0.3) is 0 Å². The molecular weight excluding hydrogens is 733 g/mol. The van der Waals surface area contributed by atoms with Crippen LogP contribution < -0.4 is 0 Å². The Balaban J connectivity index is 0.000000217. The van der Waals surface area contributed by atoms with Crippen LogP contribution >= 0.6 is 0 Å². The van der Waals surface area contributed by atoms with E-state index in [1.54, 1.807) is 0 Å². The average molecular weight is 772 g/mol. The molecule has 5 heteroatoms. The zero-order valence-electron chi connectivity index (χ0n) is 26.3. The number of aliphatic hydroxyl groups is 1. The first-order valence-electron chi connectivity index (χ1n) is 15.9. The molecular formula is C40H39IrN2O2-. The molecule has 231 valence electrons. The summed E-state index contributed by atoms with van der Waals surface area (Å²) in [6, 6.07) is 33.6. The van der Waals surface area contributed by atoms with E-state index >= 15 is 0 Å². The van der Waals surface area contributed by atoms with Crippen molar-refractivity contribution in [3.05, 3.63) is 109 Å². The number of rotatable bonds is 8. The number of carbonyl (C=O) groups is 1. The van der Waals surface area contributed by atoms with Crippen molar-refractivity contribution < 1.29 is 30.0 Å². The summed E-state index contributed by atoms with van der Waals surface area (Å²) >= 11 is 0. The molecule has 0 saturated heterocycles.